The van der Waals surface area contributed by atoms with Gasteiger partial charge in [-0.25, -0.2) is 0 Å². The highest BCUT2D eigenvalue weighted by atomic mass is 32.2. The van der Waals surface area contributed by atoms with Crippen LogP contribution in [0.1, 0.15) is 76.9 Å². The van der Waals surface area contributed by atoms with Crippen LogP contribution in [0.15, 0.2) is 35.0 Å². The predicted octanol–water partition coefficient (Wildman–Crippen LogP) is 5.25. The molecule has 2 heterocycles. The lowest BCUT2D eigenvalue weighted by molar-refractivity contribution is -0.145. The van der Waals surface area contributed by atoms with Crippen LogP contribution in [0, 0.1) is 11.8 Å². The van der Waals surface area contributed by atoms with Crippen LogP contribution in [0.5, 0.6) is 0 Å². The number of esters is 1. The summed E-state index contributed by atoms with van der Waals surface area (Å²) < 4.78 is 10.4. The summed E-state index contributed by atoms with van der Waals surface area (Å²) in [5.41, 5.74) is 0. The average molecular weight is 451 g/mol. The summed E-state index contributed by atoms with van der Waals surface area (Å²) in [6.45, 7) is 2.37. The summed E-state index contributed by atoms with van der Waals surface area (Å²) in [6, 6.07) is 3.58. The lowest BCUT2D eigenvalue weighted by Gasteiger charge is -2.18. The second-order valence-electron chi connectivity index (χ2n) is 9.01. The Bertz CT molecular complexity index is 673. The van der Waals surface area contributed by atoms with Crippen molar-refractivity contribution >= 4 is 17.7 Å². The number of ether oxygens (including phenoxy) is 1. The number of hydrogen-bond donors (Lipinski definition) is 2. The van der Waals surface area contributed by atoms with Gasteiger partial charge in [0.2, 0.25) is 0 Å². The minimum absolute atomic E-state index is 0.167. The summed E-state index contributed by atoms with van der Waals surface area (Å²) in [6.07, 6.45) is 14.5. The lowest BCUT2D eigenvalue weighted by Crippen LogP contribution is -2.19. The van der Waals surface area contributed by atoms with Gasteiger partial charge < -0.3 is 19.4 Å². The van der Waals surface area contributed by atoms with Gasteiger partial charge in [0.25, 0.3) is 0 Å². The fraction of sp³-hybridized carbons (Fsp3) is 0.720. The minimum Gasteiger partial charge on any atom is -0.466 e. The minimum atomic E-state index is -0.393. The van der Waals surface area contributed by atoms with Crippen LogP contribution in [0.25, 0.3) is 0 Å². The number of hydrogen-bond acceptors (Lipinski definition) is 6. The SMILES string of the molecule is CCCCC[C@H](O)/C=C/[C@@H]1[C@H]2CC(CCCCC(=O)OCc3ccco3)S[C@@H]2C[C@H]1O. The Morgan fingerprint density at radius 1 is 1.32 bits per heavy atom. The molecule has 0 aromatic carbocycles. The van der Waals surface area contributed by atoms with Gasteiger partial charge in [-0.3, -0.25) is 4.79 Å². The predicted molar refractivity (Wildman–Crippen MR) is 124 cm³/mol. The van der Waals surface area contributed by atoms with E-state index < -0.39 is 6.10 Å². The molecule has 6 heteroatoms. The number of rotatable bonds is 13. The second kappa shape index (κ2) is 12.7. The quantitative estimate of drug-likeness (QED) is 0.243. The van der Waals surface area contributed by atoms with E-state index in [9.17, 15) is 15.0 Å². The Labute approximate surface area is 190 Å². The van der Waals surface area contributed by atoms with Crippen LogP contribution in [0.3, 0.4) is 0 Å². The van der Waals surface area contributed by atoms with Crippen LogP contribution in [0.2, 0.25) is 0 Å². The molecule has 2 N–H and O–H groups in total. The normalized spacial score (nSPS) is 28.8. The molecule has 1 aliphatic heterocycles. The third-order valence-corrected chi connectivity index (χ3v) is 8.27. The van der Waals surface area contributed by atoms with Crippen molar-refractivity contribution in [2.24, 2.45) is 11.8 Å². The molecule has 3 rings (SSSR count). The lowest BCUT2D eigenvalue weighted by atomic mass is 9.89. The van der Waals surface area contributed by atoms with Gasteiger partial charge in [-0.05, 0) is 50.2 Å². The number of fused-ring (bicyclic) bond motifs is 1. The van der Waals surface area contributed by atoms with Crippen molar-refractivity contribution in [1.29, 1.82) is 0 Å². The van der Waals surface area contributed by atoms with E-state index in [1.54, 1.807) is 18.4 Å². The Hall–Kier alpha value is -1.24. The van der Waals surface area contributed by atoms with Gasteiger partial charge >= 0.3 is 5.97 Å². The van der Waals surface area contributed by atoms with Gasteiger partial charge in [0.1, 0.15) is 12.4 Å². The number of aliphatic hydroxyl groups is 2. The maximum atomic E-state index is 11.9. The molecule has 5 nitrogen and oxygen atoms in total. The smallest absolute Gasteiger partial charge is 0.306 e. The fourth-order valence-corrected chi connectivity index (χ4v) is 6.78. The standard InChI is InChI=1S/C25H38O5S/c1-2-3-4-8-18(26)12-13-21-22-15-20(31-24(22)16-23(21)27)10-5-6-11-25(28)30-17-19-9-7-14-29-19/h7,9,12-14,18,20-24,26-27H,2-6,8,10-11,15-17H2,1H3/b13-12+/t18-,20?,21+,22+,23+,24+/m0/s1. The first-order valence-corrected chi connectivity index (χ1v) is 12.9. The number of furan rings is 1. The van der Waals surface area contributed by atoms with E-state index in [1.165, 1.54) is 0 Å². The number of carbonyl (C=O) groups excluding carboxylic acids is 1. The van der Waals surface area contributed by atoms with Crippen molar-refractivity contribution in [3.05, 3.63) is 36.3 Å². The molecule has 1 aromatic heterocycles. The Balaban J connectivity index is 1.33. The highest BCUT2D eigenvalue weighted by molar-refractivity contribution is 8.00. The monoisotopic (exact) mass is 450 g/mol. The summed E-state index contributed by atoms with van der Waals surface area (Å²) in [5, 5.41) is 21.8. The number of aliphatic hydroxyl groups excluding tert-OH is 2. The topological polar surface area (TPSA) is 79.9 Å². The van der Waals surface area contributed by atoms with Gasteiger partial charge in [0.05, 0.1) is 18.5 Å². The maximum Gasteiger partial charge on any atom is 0.306 e. The van der Waals surface area contributed by atoms with E-state index in [-0.39, 0.29) is 24.6 Å². The molecule has 1 unspecified atom stereocenters. The van der Waals surface area contributed by atoms with Crippen LogP contribution >= 0.6 is 11.8 Å². The fourth-order valence-electron chi connectivity index (χ4n) is 4.85. The summed E-state index contributed by atoms with van der Waals surface area (Å²) in [7, 11) is 0. The third-order valence-electron chi connectivity index (χ3n) is 6.56. The summed E-state index contributed by atoms with van der Waals surface area (Å²) >= 11 is 2.02. The van der Waals surface area contributed by atoms with Gasteiger partial charge in [0.15, 0.2) is 0 Å². The highest BCUT2D eigenvalue weighted by Gasteiger charge is 2.47. The van der Waals surface area contributed by atoms with Gasteiger partial charge in [-0.2, -0.15) is 11.8 Å². The van der Waals surface area contributed by atoms with Gasteiger partial charge in [-0.1, -0.05) is 44.8 Å². The van der Waals surface area contributed by atoms with Crippen molar-refractivity contribution in [2.45, 2.75) is 100 Å². The number of thioether (sulfide) groups is 1. The van der Waals surface area contributed by atoms with Crippen molar-refractivity contribution < 1.29 is 24.2 Å². The van der Waals surface area contributed by atoms with Crippen molar-refractivity contribution in [3.63, 3.8) is 0 Å². The average Bonchev–Trinajstić information content (AvgIpc) is 3.45. The summed E-state index contributed by atoms with van der Waals surface area (Å²) in [4.78, 5) is 11.9. The zero-order chi connectivity index (χ0) is 22.1. The first-order chi connectivity index (χ1) is 15.1. The molecule has 0 spiro atoms. The Morgan fingerprint density at radius 2 is 2.19 bits per heavy atom. The third kappa shape index (κ3) is 7.69. The van der Waals surface area contributed by atoms with Crippen LogP contribution in [0.4, 0.5) is 0 Å². The molecule has 31 heavy (non-hydrogen) atoms. The first kappa shape index (κ1) is 24.4. The Morgan fingerprint density at radius 3 is 2.97 bits per heavy atom. The number of unbranched alkanes of at least 4 members (excludes halogenated alkanes) is 3. The molecule has 1 saturated heterocycles. The van der Waals surface area contributed by atoms with E-state index in [0.29, 0.717) is 28.6 Å². The van der Waals surface area contributed by atoms with Crippen LogP contribution < -0.4 is 0 Å². The van der Waals surface area contributed by atoms with Crippen molar-refractivity contribution in [1.82, 2.24) is 0 Å². The zero-order valence-corrected chi connectivity index (χ0v) is 19.5. The van der Waals surface area contributed by atoms with E-state index in [2.05, 4.69) is 13.0 Å². The molecule has 2 aliphatic rings. The molecule has 1 aromatic rings. The van der Waals surface area contributed by atoms with Gasteiger partial charge in [0, 0.05) is 22.8 Å². The second-order valence-corrected chi connectivity index (χ2v) is 10.6. The van der Waals surface area contributed by atoms with E-state index in [1.807, 2.05) is 17.8 Å². The molecule has 0 bridgehead atoms. The molecule has 6 atom stereocenters. The highest BCUT2D eigenvalue weighted by Crippen LogP contribution is 2.52. The van der Waals surface area contributed by atoms with E-state index >= 15 is 0 Å². The maximum absolute atomic E-state index is 11.9. The molecule has 0 amide bonds. The van der Waals surface area contributed by atoms with Gasteiger partial charge in [-0.15, -0.1) is 0 Å². The molecular formula is C25H38O5S. The van der Waals surface area contributed by atoms with Crippen molar-refractivity contribution in [3.8, 4) is 0 Å². The van der Waals surface area contributed by atoms with Crippen LogP contribution in [-0.2, 0) is 16.1 Å². The van der Waals surface area contributed by atoms with Crippen LogP contribution in [-0.4, -0.2) is 38.9 Å². The molecular weight excluding hydrogens is 412 g/mol. The molecule has 1 saturated carbocycles. The molecule has 174 valence electrons. The zero-order valence-electron chi connectivity index (χ0n) is 18.7. The van der Waals surface area contributed by atoms with Crippen molar-refractivity contribution in [2.75, 3.05) is 0 Å². The first-order valence-electron chi connectivity index (χ1n) is 11.9. The largest absolute Gasteiger partial charge is 0.466 e. The molecule has 0 radical (unpaired) electrons. The Kier molecular flexibility index (Phi) is 10.0. The number of carbonyl (C=O) groups is 1. The molecule has 2 fully saturated rings. The van der Waals surface area contributed by atoms with E-state index in [0.717, 1.165) is 57.8 Å². The van der Waals surface area contributed by atoms with E-state index in [4.69, 9.17) is 9.15 Å². The molecule has 1 aliphatic carbocycles. The summed E-state index contributed by atoms with van der Waals surface area (Å²) in [5.74, 6) is 1.17.